The topological polar surface area (TPSA) is 119 Å². The molecule has 0 aliphatic heterocycles. The van der Waals surface area contributed by atoms with Crippen LogP contribution in [0.1, 0.15) is 31.8 Å². The zero-order chi connectivity index (χ0) is 26.4. The second-order valence-electron chi connectivity index (χ2n) is 7.88. The standard InChI is InChI=1S/C26H21Cl2NO7/c1-14-5-3-7-16(9-14)25(33)35-21(23(30)29-20-12-18(27)11-19(28)13-20)22(24(31)32)36-26(34)17-8-4-6-15(2)10-17/h3-13,21-22H,1-2H3,(H,29,30)(H,31,32)/t21-,22-/m0/s1. The number of hydrogen-bond donors (Lipinski definition) is 2. The van der Waals surface area contributed by atoms with Crippen molar-refractivity contribution in [2.75, 3.05) is 5.32 Å². The molecule has 0 radical (unpaired) electrons. The highest BCUT2D eigenvalue weighted by Crippen LogP contribution is 2.23. The second-order valence-corrected chi connectivity index (χ2v) is 8.75. The van der Waals surface area contributed by atoms with E-state index in [0.717, 1.165) is 11.1 Å². The van der Waals surface area contributed by atoms with Crippen LogP contribution < -0.4 is 5.32 Å². The van der Waals surface area contributed by atoms with Crippen LogP contribution in [-0.4, -0.2) is 41.1 Å². The Bertz CT molecular complexity index is 1300. The predicted octanol–water partition coefficient (Wildman–Crippen LogP) is 5.08. The third kappa shape index (κ3) is 7.07. The van der Waals surface area contributed by atoms with Gasteiger partial charge < -0.3 is 19.9 Å². The Labute approximate surface area is 216 Å². The number of rotatable bonds is 8. The second kappa shape index (κ2) is 11.7. The smallest absolute Gasteiger partial charge is 0.349 e. The van der Waals surface area contributed by atoms with Gasteiger partial charge in [-0.05, 0) is 56.3 Å². The minimum absolute atomic E-state index is 0.0621. The number of amides is 1. The maximum Gasteiger partial charge on any atom is 0.349 e. The van der Waals surface area contributed by atoms with E-state index < -0.39 is 36.0 Å². The van der Waals surface area contributed by atoms with E-state index in [1.165, 1.54) is 42.5 Å². The molecule has 3 aromatic rings. The molecule has 0 spiro atoms. The molecule has 0 fully saturated rings. The van der Waals surface area contributed by atoms with Crippen molar-refractivity contribution in [3.63, 3.8) is 0 Å². The van der Waals surface area contributed by atoms with Gasteiger partial charge in [0.15, 0.2) is 0 Å². The molecule has 0 heterocycles. The van der Waals surface area contributed by atoms with Crippen molar-refractivity contribution < 1.29 is 33.8 Å². The van der Waals surface area contributed by atoms with Crippen LogP contribution in [0.5, 0.6) is 0 Å². The van der Waals surface area contributed by atoms with Crippen LogP contribution in [0.25, 0.3) is 0 Å². The molecule has 0 unspecified atom stereocenters. The van der Waals surface area contributed by atoms with E-state index in [4.69, 9.17) is 32.7 Å². The van der Waals surface area contributed by atoms with Crippen molar-refractivity contribution in [1.82, 2.24) is 0 Å². The number of nitrogens with one attached hydrogen (secondary N) is 1. The average Bonchev–Trinajstić information content (AvgIpc) is 2.80. The Morgan fingerprint density at radius 3 is 1.67 bits per heavy atom. The van der Waals surface area contributed by atoms with E-state index in [9.17, 15) is 24.3 Å². The number of aryl methyl sites for hydroxylation is 2. The van der Waals surface area contributed by atoms with Crippen molar-refractivity contribution in [3.05, 3.63) is 99.0 Å². The third-order valence-electron chi connectivity index (χ3n) is 4.88. The van der Waals surface area contributed by atoms with Crippen molar-refractivity contribution in [2.24, 2.45) is 0 Å². The Morgan fingerprint density at radius 2 is 1.22 bits per heavy atom. The van der Waals surface area contributed by atoms with E-state index in [-0.39, 0.29) is 26.9 Å². The molecule has 0 saturated carbocycles. The molecule has 0 aliphatic carbocycles. The van der Waals surface area contributed by atoms with Crippen LogP contribution in [0.3, 0.4) is 0 Å². The summed E-state index contributed by atoms with van der Waals surface area (Å²) in [5, 5.41) is 12.6. The quantitative estimate of drug-likeness (QED) is 0.390. The molecule has 0 aliphatic rings. The van der Waals surface area contributed by atoms with Gasteiger partial charge in [0, 0.05) is 15.7 Å². The summed E-state index contributed by atoms with van der Waals surface area (Å²) in [5.74, 6) is -4.77. The molecule has 0 bridgehead atoms. The molecule has 2 atom stereocenters. The molecule has 0 saturated heterocycles. The highest BCUT2D eigenvalue weighted by atomic mass is 35.5. The maximum atomic E-state index is 13.2. The number of carboxylic acid groups (broad SMARTS) is 1. The Morgan fingerprint density at radius 1 is 0.750 bits per heavy atom. The van der Waals surface area contributed by atoms with Gasteiger partial charge in [0.25, 0.3) is 5.91 Å². The summed E-state index contributed by atoms with van der Waals surface area (Å²) >= 11 is 11.9. The average molecular weight is 530 g/mol. The first-order valence-electron chi connectivity index (χ1n) is 10.6. The van der Waals surface area contributed by atoms with Gasteiger partial charge in [-0.15, -0.1) is 0 Å². The molecule has 3 aromatic carbocycles. The number of carbonyl (C=O) groups excluding carboxylic acids is 3. The Kier molecular flexibility index (Phi) is 8.68. The number of carboxylic acids is 1. The van der Waals surface area contributed by atoms with Crippen LogP contribution in [-0.2, 0) is 19.1 Å². The maximum absolute atomic E-state index is 13.2. The predicted molar refractivity (Wildman–Crippen MR) is 133 cm³/mol. The minimum atomic E-state index is -2.17. The fourth-order valence-corrected chi connectivity index (χ4v) is 3.77. The molecular weight excluding hydrogens is 509 g/mol. The van der Waals surface area contributed by atoms with Gasteiger partial charge in [0.1, 0.15) is 0 Å². The molecule has 1 amide bonds. The molecule has 186 valence electrons. The fraction of sp³-hybridized carbons (Fsp3) is 0.154. The number of anilines is 1. The molecule has 3 rings (SSSR count). The number of ether oxygens (including phenoxy) is 2. The van der Waals surface area contributed by atoms with Crippen LogP contribution in [0.15, 0.2) is 66.7 Å². The van der Waals surface area contributed by atoms with E-state index in [1.807, 2.05) is 0 Å². The molecule has 36 heavy (non-hydrogen) atoms. The van der Waals surface area contributed by atoms with E-state index >= 15 is 0 Å². The van der Waals surface area contributed by atoms with E-state index in [1.54, 1.807) is 38.1 Å². The largest absolute Gasteiger partial charge is 0.478 e. The highest BCUT2D eigenvalue weighted by molar-refractivity contribution is 6.35. The zero-order valence-corrected chi connectivity index (χ0v) is 20.7. The third-order valence-corrected chi connectivity index (χ3v) is 5.32. The number of carbonyl (C=O) groups is 4. The SMILES string of the molecule is Cc1cccc(C(=O)O[C@H](C(=O)O)[C@H](OC(=O)c2cccc(C)c2)C(=O)Nc2cc(Cl)cc(Cl)c2)c1. The summed E-state index contributed by atoms with van der Waals surface area (Å²) in [6, 6.07) is 16.7. The number of hydrogen-bond acceptors (Lipinski definition) is 6. The summed E-state index contributed by atoms with van der Waals surface area (Å²) in [6.45, 7) is 3.48. The van der Waals surface area contributed by atoms with Gasteiger partial charge in [-0.2, -0.15) is 0 Å². The first-order valence-corrected chi connectivity index (χ1v) is 11.3. The van der Waals surface area contributed by atoms with E-state index in [2.05, 4.69) is 5.32 Å². The number of halogens is 2. The first kappa shape index (κ1) is 26.7. The fourth-order valence-electron chi connectivity index (χ4n) is 3.24. The van der Waals surface area contributed by atoms with E-state index in [0.29, 0.717) is 0 Å². The molecule has 8 nitrogen and oxygen atoms in total. The Balaban J connectivity index is 1.94. The summed E-state index contributed by atoms with van der Waals surface area (Å²) in [6.07, 6.45) is -4.22. The van der Waals surface area contributed by atoms with Crippen molar-refractivity contribution >= 4 is 52.7 Å². The van der Waals surface area contributed by atoms with Crippen LogP contribution in [0, 0.1) is 13.8 Å². The monoisotopic (exact) mass is 529 g/mol. The van der Waals surface area contributed by atoms with Crippen LogP contribution in [0.2, 0.25) is 10.0 Å². The molecular formula is C26H21Cl2NO7. The number of aliphatic carboxylic acids is 1. The highest BCUT2D eigenvalue weighted by Gasteiger charge is 2.41. The van der Waals surface area contributed by atoms with Gasteiger partial charge in [0.2, 0.25) is 12.2 Å². The van der Waals surface area contributed by atoms with Gasteiger partial charge in [-0.1, -0.05) is 58.6 Å². The minimum Gasteiger partial charge on any atom is -0.478 e. The molecule has 10 heteroatoms. The van der Waals surface area contributed by atoms with Gasteiger partial charge in [0.05, 0.1) is 11.1 Å². The van der Waals surface area contributed by atoms with Crippen molar-refractivity contribution in [2.45, 2.75) is 26.1 Å². The lowest BCUT2D eigenvalue weighted by molar-refractivity contribution is -0.157. The number of benzene rings is 3. The lowest BCUT2D eigenvalue weighted by Crippen LogP contribution is -2.48. The normalized spacial score (nSPS) is 12.2. The van der Waals surface area contributed by atoms with Crippen LogP contribution in [0.4, 0.5) is 5.69 Å². The van der Waals surface area contributed by atoms with Gasteiger partial charge in [-0.25, -0.2) is 14.4 Å². The summed E-state index contributed by atoms with van der Waals surface area (Å²) < 4.78 is 10.4. The van der Waals surface area contributed by atoms with Gasteiger partial charge in [-0.3, -0.25) is 4.79 Å². The van der Waals surface area contributed by atoms with Crippen molar-refractivity contribution in [1.29, 1.82) is 0 Å². The lowest BCUT2D eigenvalue weighted by Gasteiger charge is -2.23. The van der Waals surface area contributed by atoms with Crippen LogP contribution >= 0.6 is 23.2 Å². The molecule has 0 aromatic heterocycles. The summed E-state index contributed by atoms with van der Waals surface area (Å²) in [5.41, 5.74) is 1.72. The number of esters is 2. The van der Waals surface area contributed by atoms with Gasteiger partial charge >= 0.3 is 17.9 Å². The zero-order valence-electron chi connectivity index (χ0n) is 19.2. The van der Waals surface area contributed by atoms with Crippen molar-refractivity contribution in [3.8, 4) is 0 Å². The summed E-state index contributed by atoms with van der Waals surface area (Å²) in [4.78, 5) is 50.8. The molecule has 2 N–H and O–H groups in total. The Hall–Kier alpha value is -3.88. The lowest BCUT2D eigenvalue weighted by atomic mass is 10.1. The first-order chi connectivity index (χ1) is 17.0. The summed E-state index contributed by atoms with van der Waals surface area (Å²) in [7, 11) is 0.